The van der Waals surface area contributed by atoms with Gasteiger partial charge in [0, 0.05) is 11.2 Å². The van der Waals surface area contributed by atoms with Crippen molar-refractivity contribution in [2.45, 2.75) is 25.2 Å². The van der Waals surface area contributed by atoms with Crippen LogP contribution in [-0.2, 0) is 0 Å². The van der Waals surface area contributed by atoms with E-state index in [9.17, 15) is 0 Å². The Hall–Kier alpha value is -0.860. The van der Waals surface area contributed by atoms with Crippen LogP contribution in [0.25, 0.3) is 0 Å². The van der Waals surface area contributed by atoms with Crippen LogP contribution in [0.4, 0.5) is 0 Å². The topological polar surface area (TPSA) is 38.9 Å². The summed E-state index contributed by atoms with van der Waals surface area (Å²) in [5.41, 5.74) is 1.03. The fraction of sp³-hybridized carbons (Fsp3) is 0.667. The third-order valence-corrected chi connectivity index (χ3v) is 1.90. The largest absolute Gasteiger partial charge is 0.345 e. The number of aromatic nitrogens is 2. The highest BCUT2D eigenvalue weighted by molar-refractivity contribution is 5.02. The second-order valence-electron chi connectivity index (χ2n) is 2.46. The lowest BCUT2D eigenvalue weighted by Gasteiger charge is -2.21. The van der Waals surface area contributed by atoms with Crippen LogP contribution in [0.15, 0.2) is 10.8 Å². The molecule has 0 radical (unpaired) electrons. The molecule has 3 heteroatoms. The third-order valence-electron chi connectivity index (χ3n) is 1.90. The summed E-state index contributed by atoms with van der Waals surface area (Å²) in [4.78, 5) is 0. The standard InChI is InChI=1S/C6H8N2O/c1-2-5(3-1)6-4-9-8-7-6/h4-5H,1-3H2. The van der Waals surface area contributed by atoms with Crippen molar-refractivity contribution < 1.29 is 4.52 Å². The molecule has 1 aliphatic carbocycles. The first-order valence-corrected chi connectivity index (χ1v) is 3.24. The number of hydrogen-bond acceptors (Lipinski definition) is 3. The normalized spacial score (nSPS) is 19.6. The van der Waals surface area contributed by atoms with E-state index in [1.54, 1.807) is 6.26 Å². The Balaban J connectivity index is 2.14. The first kappa shape index (κ1) is 4.97. The minimum absolute atomic E-state index is 0.649. The van der Waals surface area contributed by atoms with Crippen LogP contribution < -0.4 is 0 Å². The Morgan fingerprint density at radius 1 is 1.56 bits per heavy atom. The molecule has 0 bridgehead atoms. The Morgan fingerprint density at radius 2 is 2.44 bits per heavy atom. The third kappa shape index (κ3) is 0.724. The van der Waals surface area contributed by atoms with Crippen molar-refractivity contribution in [1.82, 2.24) is 10.4 Å². The molecule has 0 aromatic carbocycles. The van der Waals surface area contributed by atoms with Gasteiger partial charge in [0.2, 0.25) is 0 Å². The predicted molar refractivity (Wildman–Crippen MR) is 30.9 cm³/mol. The van der Waals surface area contributed by atoms with Crippen molar-refractivity contribution in [3.8, 4) is 0 Å². The van der Waals surface area contributed by atoms with E-state index in [0.29, 0.717) is 5.92 Å². The first-order chi connectivity index (χ1) is 4.47. The Labute approximate surface area is 53.0 Å². The van der Waals surface area contributed by atoms with Crippen molar-refractivity contribution in [2.24, 2.45) is 0 Å². The quantitative estimate of drug-likeness (QED) is 0.567. The smallest absolute Gasteiger partial charge is 0.147 e. The van der Waals surface area contributed by atoms with Gasteiger partial charge in [-0.15, -0.1) is 5.10 Å². The monoisotopic (exact) mass is 124 g/mol. The van der Waals surface area contributed by atoms with E-state index in [1.807, 2.05) is 0 Å². The Bertz CT molecular complexity index is 179. The van der Waals surface area contributed by atoms with Crippen molar-refractivity contribution >= 4 is 0 Å². The molecule has 0 amide bonds. The molecule has 1 aromatic rings. The van der Waals surface area contributed by atoms with Crippen LogP contribution >= 0.6 is 0 Å². The summed E-state index contributed by atoms with van der Waals surface area (Å²) in [6.45, 7) is 0. The molecule has 9 heavy (non-hydrogen) atoms. The summed E-state index contributed by atoms with van der Waals surface area (Å²) in [5, 5.41) is 7.22. The van der Waals surface area contributed by atoms with Crippen LogP contribution in [0.1, 0.15) is 30.9 Å². The lowest BCUT2D eigenvalue weighted by atomic mass is 9.83. The summed E-state index contributed by atoms with van der Waals surface area (Å²) in [5.74, 6) is 0.649. The Kier molecular flexibility index (Phi) is 1.01. The van der Waals surface area contributed by atoms with E-state index in [4.69, 9.17) is 0 Å². The van der Waals surface area contributed by atoms with E-state index in [1.165, 1.54) is 19.3 Å². The maximum absolute atomic E-state index is 4.61. The lowest BCUT2D eigenvalue weighted by Crippen LogP contribution is -2.08. The molecule has 2 rings (SSSR count). The summed E-state index contributed by atoms with van der Waals surface area (Å²) in [7, 11) is 0. The van der Waals surface area contributed by atoms with Gasteiger partial charge in [0.1, 0.15) is 12.0 Å². The predicted octanol–water partition coefficient (Wildman–Crippen LogP) is 1.34. The van der Waals surface area contributed by atoms with E-state index < -0.39 is 0 Å². The number of rotatable bonds is 1. The number of nitrogens with zero attached hydrogens (tertiary/aromatic N) is 2. The van der Waals surface area contributed by atoms with Gasteiger partial charge < -0.3 is 4.52 Å². The maximum atomic E-state index is 4.61. The molecule has 1 fully saturated rings. The van der Waals surface area contributed by atoms with E-state index in [-0.39, 0.29) is 0 Å². The van der Waals surface area contributed by atoms with Gasteiger partial charge in [-0.05, 0) is 12.8 Å². The second-order valence-corrected chi connectivity index (χ2v) is 2.46. The van der Waals surface area contributed by atoms with Gasteiger partial charge in [-0.3, -0.25) is 0 Å². The van der Waals surface area contributed by atoms with Crippen molar-refractivity contribution in [3.05, 3.63) is 12.0 Å². The molecule has 0 atom stereocenters. The fourth-order valence-corrected chi connectivity index (χ4v) is 1.05. The zero-order valence-electron chi connectivity index (χ0n) is 5.08. The van der Waals surface area contributed by atoms with Gasteiger partial charge in [-0.2, -0.15) is 0 Å². The van der Waals surface area contributed by atoms with Crippen LogP contribution in [0.2, 0.25) is 0 Å². The average molecular weight is 124 g/mol. The van der Waals surface area contributed by atoms with E-state index >= 15 is 0 Å². The SMILES string of the molecule is c1onnc1C1CCC1. The van der Waals surface area contributed by atoms with Gasteiger partial charge in [0.25, 0.3) is 0 Å². The van der Waals surface area contributed by atoms with Gasteiger partial charge in [0.15, 0.2) is 0 Å². The zero-order valence-corrected chi connectivity index (χ0v) is 5.08. The van der Waals surface area contributed by atoms with Crippen LogP contribution in [-0.4, -0.2) is 10.4 Å². The molecule has 0 unspecified atom stereocenters. The summed E-state index contributed by atoms with van der Waals surface area (Å²) in [6, 6.07) is 0. The molecule has 1 aliphatic rings. The van der Waals surface area contributed by atoms with Crippen molar-refractivity contribution in [2.75, 3.05) is 0 Å². The van der Waals surface area contributed by atoms with Crippen LogP contribution in [0.3, 0.4) is 0 Å². The number of hydrogen-bond donors (Lipinski definition) is 0. The summed E-state index contributed by atoms with van der Waals surface area (Å²) < 4.78 is 4.61. The molecule has 3 nitrogen and oxygen atoms in total. The first-order valence-electron chi connectivity index (χ1n) is 3.24. The molecule has 1 saturated carbocycles. The van der Waals surface area contributed by atoms with Gasteiger partial charge in [-0.25, -0.2) is 0 Å². The molecule has 48 valence electrons. The highest BCUT2D eigenvalue weighted by Crippen LogP contribution is 2.34. The molecule has 0 spiro atoms. The van der Waals surface area contributed by atoms with Gasteiger partial charge >= 0.3 is 0 Å². The maximum Gasteiger partial charge on any atom is 0.147 e. The summed E-state index contributed by atoms with van der Waals surface area (Å²) in [6.07, 6.45) is 5.49. The molecule has 1 heterocycles. The minimum Gasteiger partial charge on any atom is -0.345 e. The second kappa shape index (κ2) is 1.83. The van der Waals surface area contributed by atoms with Gasteiger partial charge in [0.05, 0.1) is 0 Å². The minimum atomic E-state index is 0.649. The van der Waals surface area contributed by atoms with Gasteiger partial charge in [-0.1, -0.05) is 6.42 Å². The van der Waals surface area contributed by atoms with Crippen LogP contribution in [0.5, 0.6) is 0 Å². The summed E-state index contributed by atoms with van der Waals surface area (Å²) >= 11 is 0. The molecule has 1 aromatic heterocycles. The van der Waals surface area contributed by atoms with E-state index in [2.05, 4.69) is 14.9 Å². The molecule has 0 N–H and O–H groups in total. The fourth-order valence-electron chi connectivity index (χ4n) is 1.05. The van der Waals surface area contributed by atoms with Crippen molar-refractivity contribution in [1.29, 1.82) is 0 Å². The highest BCUT2D eigenvalue weighted by Gasteiger charge is 2.21. The molecule has 0 aliphatic heterocycles. The van der Waals surface area contributed by atoms with E-state index in [0.717, 1.165) is 5.69 Å². The van der Waals surface area contributed by atoms with Crippen LogP contribution in [0, 0.1) is 0 Å². The van der Waals surface area contributed by atoms with Crippen molar-refractivity contribution in [3.63, 3.8) is 0 Å². The zero-order chi connectivity index (χ0) is 6.10. The lowest BCUT2D eigenvalue weighted by molar-refractivity contribution is 0.392. The Morgan fingerprint density at radius 3 is 2.89 bits per heavy atom. The average Bonchev–Trinajstić information content (AvgIpc) is 2.11. The highest BCUT2D eigenvalue weighted by atomic mass is 16.5. The molecule has 0 saturated heterocycles. The molecular formula is C6H8N2O. The molecular weight excluding hydrogens is 116 g/mol.